The van der Waals surface area contributed by atoms with Gasteiger partial charge in [-0.15, -0.1) is 0 Å². The van der Waals surface area contributed by atoms with Crippen LogP contribution in [0.4, 0.5) is 5.69 Å². The molecule has 1 aliphatic rings. The van der Waals surface area contributed by atoms with Gasteiger partial charge in [-0.3, -0.25) is 9.35 Å². The van der Waals surface area contributed by atoms with Crippen LogP contribution >= 0.6 is 11.8 Å². The number of fused-ring (bicyclic) bond motifs is 1. The molecule has 0 saturated carbocycles. The lowest BCUT2D eigenvalue weighted by atomic mass is 10.1. The number of anilines is 1. The SMILES string of the molecule is COC(=O)c1ccc(C(=O)/C=C2/Sc3ccc(S(=O)(=O)O)cc3N2C)cc1. The Morgan fingerprint density at radius 1 is 1.11 bits per heavy atom. The van der Waals surface area contributed by atoms with E-state index in [1.807, 2.05) is 0 Å². The van der Waals surface area contributed by atoms with Crippen molar-refractivity contribution in [2.45, 2.75) is 9.79 Å². The van der Waals surface area contributed by atoms with Gasteiger partial charge in [0.25, 0.3) is 10.1 Å². The zero-order chi connectivity index (χ0) is 19.8. The van der Waals surface area contributed by atoms with Crippen LogP contribution in [-0.2, 0) is 14.9 Å². The zero-order valence-electron chi connectivity index (χ0n) is 14.4. The number of carbonyl (C=O) groups excluding carboxylic acids is 2. The summed E-state index contributed by atoms with van der Waals surface area (Å²) in [5.41, 5.74) is 1.33. The standard InChI is InChI=1S/C18H15NO6S2/c1-19-14-9-13(27(22,23)24)7-8-16(14)26-17(19)10-15(20)11-3-5-12(6-4-11)18(21)25-2/h3-10H,1-2H3,(H,22,23,24)/b17-10+. The lowest BCUT2D eigenvalue weighted by Gasteiger charge is -2.13. The molecule has 0 fully saturated rings. The topological polar surface area (TPSA) is 101 Å². The van der Waals surface area contributed by atoms with Crippen molar-refractivity contribution >= 4 is 39.3 Å². The number of hydrogen-bond acceptors (Lipinski definition) is 7. The molecule has 0 aromatic heterocycles. The second-order valence-electron chi connectivity index (χ2n) is 5.68. The summed E-state index contributed by atoms with van der Waals surface area (Å²) < 4.78 is 36.4. The Labute approximate surface area is 160 Å². The van der Waals surface area contributed by atoms with Crippen LogP contribution in [0.5, 0.6) is 0 Å². The van der Waals surface area contributed by atoms with Crippen molar-refractivity contribution in [1.29, 1.82) is 0 Å². The monoisotopic (exact) mass is 405 g/mol. The highest BCUT2D eigenvalue weighted by Crippen LogP contribution is 2.45. The molecule has 140 valence electrons. The van der Waals surface area contributed by atoms with Gasteiger partial charge in [0.15, 0.2) is 5.78 Å². The average molecular weight is 405 g/mol. The van der Waals surface area contributed by atoms with Crippen LogP contribution in [0.1, 0.15) is 20.7 Å². The third kappa shape index (κ3) is 3.90. The Hall–Kier alpha value is -2.62. The first-order valence-corrected chi connectivity index (χ1v) is 9.94. The van der Waals surface area contributed by atoms with E-state index in [0.29, 0.717) is 21.8 Å². The van der Waals surface area contributed by atoms with Gasteiger partial charge in [0.2, 0.25) is 0 Å². The summed E-state index contributed by atoms with van der Waals surface area (Å²) in [6, 6.07) is 10.3. The number of benzene rings is 2. The normalized spacial score (nSPS) is 14.9. The highest BCUT2D eigenvalue weighted by molar-refractivity contribution is 8.03. The fourth-order valence-electron chi connectivity index (χ4n) is 2.52. The molecule has 0 amide bonds. The minimum atomic E-state index is -4.30. The number of ether oxygens (including phenoxy) is 1. The van der Waals surface area contributed by atoms with E-state index in [9.17, 15) is 22.6 Å². The smallest absolute Gasteiger partial charge is 0.337 e. The Kier molecular flexibility index (Phi) is 5.09. The van der Waals surface area contributed by atoms with Crippen molar-refractivity contribution in [3.63, 3.8) is 0 Å². The summed E-state index contributed by atoms with van der Waals surface area (Å²) in [4.78, 5) is 26.2. The summed E-state index contributed by atoms with van der Waals surface area (Å²) in [6.07, 6.45) is 1.44. The van der Waals surface area contributed by atoms with Gasteiger partial charge < -0.3 is 9.64 Å². The summed E-state index contributed by atoms with van der Waals surface area (Å²) in [5.74, 6) is -0.743. The Morgan fingerprint density at radius 3 is 2.33 bits per heavy atom. The Bertz CT molecular complexity index is 1060. The molecular formula is C18H15NO6S2. The van der Waals surface area contributed by atoms with Crippen molar-refractivity contribution < 1.29 is 27.3 Å². The van der Waals surface area contributed by atoms with E-state index in [1.54, 1.807) is 18.0 Å². The molecule has 2 aromatic rings. The first-order valence-electron chi connectivity index (χ1n) is 7.68. The lowest BCUT2D eigenvalue weighted by molar-refractivity contribution is 0.0600. The van der Waals surface area contributed by atoms with Gasteiger partial charge in [0.1, 0.15) is 0 Å². The van der Waals surface area contributed by atoms with E-state index in [0.717, 1.165) is 4.90 Å². The first kappa shape index (κ1) is 19.2. The second kappa shape index (κ2) is 7.18. The minimum absolute atomic E-state index is 0.209. The molecule has 3 rings (SSSR count). The maximum Gasteiger partial charge on any atom is 0.337 e. The van der Waals surface area contributed by atoms with Crippen LogP contribution in [0, 0.1) is 0 Å². The maximum absolute atomic E-state index is 12.5. The maximum atomic E-state index is 12.5. The number of thioether (sulfide) groups is 1. The predicted octanol–water partition coefficient (Wildman–Crippen LogP) is 2.99. The van der Waals surface area contributed by atoms with Crippen molar-refractivity contribution in [1.82, 2.24) is 0 Å². The molecule has 0 aliphatic carbocycles. The summed E-state index contributed by atoms with van der Waals surface area (Å²) in [6.45, 7) is 0. The molecule has 1 aliphatic heterocycles. The van der Waals surface area contributed by atoms with E-state index >= 15 is 0 Å². The molecule has 9 heteroatoms. The fourth-order valence-corrected chi connectivity index (χ4v) is 4.08. The molecule has 0 radical (unpaired) electrons. The van der Waals surface area contributed by atoms with Crippen molar-refractivity contribution in [2.24, 2.45) is 0 Å². The largest absolute Gasteiger partial charge is 0.465 e. The Morgan fingerprint density at radius 2 is 1.74 bits per heavy atom. The third-order valence-corrected chi connectivity index (χ3v) is 6.00. The molecule has 27 heavy (non-hydrogen) atoms. The van der Waals surface area contributed by atoms with E-state index in [4.69, 9.17) is 0 Å². The van der Waals surface area contributed by atoms with Crippen LogP contribution in [0.25, 0.3) is 0 Å². The predicted molar refractivity (Wildman–Crippen MR) is 101 cm³/mol. The zero-order valence-corrected chi connectivity index (χ0v) is 16.0. The highest BCUT2D eigenvalue weighted by Gasteiger charge is 2.25. The Balaban J connectivity index is 1.85. The van der Waals surface area contributed by atoms with Gasteiger partial charge >= 0.3 is 5.97 Å². The van der Waals surface area contributed by atoms with E-state index in [2.05, 4.69) is 4.74 Å². The average Bonchev–Trinajstić information content (AvgIpc) is 2.95. The molecule has 7 nitrogen and oxygen atoms in total. The number of nitrogens with zero attached hydrogens (tertiary/aromatic N) is 1. The quantitative estimate of drug-likeness (QED) is 0.359. The molecular weight excluding hydrogens is 390 g/mol. The summed E-state index contributed by atoms with van der Waals surface area (Å²) >= 11 is 1.31. The van der Waals surface area contributed by atoms with Crippen LogP contribution in [0.3, 0.4) is 0 Å². The van der Waals surface area contributed by atoms with Gasteiger partial charge in [-0.1, -0.05) is 23.9 Å². The molecule has 0 saturated heterocycles. The number of allylic oxidation sites excluding steroid dienone is 1. The molecule has 1 N–H and O–H groups in total. The van der Waals surface area contributed by atoms with Crippen molar-refractivity contribution in [2.75, 3.05) is 19.1 Å². The van der Waals surface area contributed by atoms with E-state index in [-0.39, 0.29) is 10.7 Å². The van der Waals surface area contributed by atoms with Crippen LogP contribution in [-0.4, -0.2) is 38.9 Å². The number of rotatable bonds is 4. The van der Waals surface area contributed by atoms with E-state index in [1.165, 1.54) is 61.3 Å². The van der Waals surface area contributed by atoms with Gasteiger partial charge in [-0.2, -0.15) is 8.42 Å². The summed E-state index contributed by atoms with van der Waals surface area (Å²) in [7, 11) is -1.32. The number of methoxy groups -OCH3 is 1. The summed E-state index contributed by atoms with van der Waals surface area (Å²) in [5, 5.41) is 0.611. The minimum Gasteiger partial charge on any atom is -0.465 e. The third-order valence-electron chi connectivity index (χ3n) is 3.98. The fraction of sp³-hybridized carbons (Fsp3) is 0.111. The van der Waals surface area contributed by atoms with Gasteiger partial charge in [-0.05, 0) is 30.3 Å². The van der Waals surface area contributed by atoms with Gasteiger partial charge in [-0.25, -0.2) is 4.79 Å². The van der Waals surface area contributed by atoms with Crippen molar-refractivity contribution in [3.8, 4) is 0 Å². The lowest BCUT2D eigenvalue weighted by Crippen LogP contribution is -2.12. The molecule has 0 bridgehead atoms. The first-order chi connectivity index (χ1) is 12.7. The van der Waals surface area contributed by atoms with Crippen LogP contribution in [0.15, 0.2) is 63.4 Å². The van der Waals surface area contributed by atoms with Gasteiger partial charge in [0, 0.05) is 23.6 Å². The molecule has 2 aromatic carbocycles. The molecule has 0 atom stereocenters. The van der Waals surface area contributed by atoms with E-state index < -0.39 is 16.1 Å². The number of hydrogen-bond donors (Lipinski definition) is 1. The second-order valence-corrected chi connectivity index (χ2v) is 8.17. The number of ketones is 1. The van der Waals surface area contributed by atoms with Crippen LogP contribution in [0.2, 0.25) is 0 Å². The molecule has 0 unspecified atom stereocenters. The number of carbonyl (C=O) groups is 2. The van der Waals surface area contributed by atoms with Gasteiger partial charge in [0.05, 0.1) is 28.3 Å². The van der Waals surface area contributed by atoms with Crippen molar-refractivity contribution in [3.05, 3.63) is 64.7 Å². The number of esters is 1. The highest BCUT2D eigenvalue weighted by atomic mass is 32.2. The molecule has 0 spiro atoms. The molecule has 1 heterocycles. The van der Waals surface area contributed by atoms with Crippen LogP contribution < -0.4 is 4.90 Å².